The first-order chi connectivity index (χ1) is 8.50. The van der Waals surface area contributed by atoms with Crippen LogP contribution in [-0.4, -0.2) is 15.6 Å². The number of aromatic carboxylic acids is 1. The summed E-state index contributed by atoms with van der Waals surface area (Å²) in [5.41, 5.74) is 0.703. The van der Waals surface area contributed by atoms with E-state index in [1.807, 2.05) is 24.4 Å². The quantitative estimate of drug-likeness (QED) is 0.924. The second kappa shape index (κ2) is 4.78. The number of hydrogen-bond donors (Lipinski definition) is 1. The van der Waals surface area contributed by atoms with Gasteiger partial charge in [-0.15, -0.1) is 11.3 Å². The second-order valence-corrected chi connectivity index (χ2v) is 5.15. The van der Waals surface area contributed by atoms with E-state index in [0.717, 1.165) is 10.6 Å². The van der Waals surface area contributed by atoms with Gasteiger partial charge < -0.3 is 9.67 Å². The molecule has 0 radical (unpaired) electrons. The molecule has 2 aromatic rings. The summed E-state index contributed by atoms with van der Waals surface area (Å²) in [6.45, 7) is 3.88. The Hall–Kier alpha value is -1.88. The molecule has 0 fully saturated rings. The number of thiophene rings is 1. The van der Waals surface area contributed by atoms with Gasteiger partial charge in [0.2, 0.25) is 0 Å². The summed E-state index contributed by atoms with van der Waals surface area (Å²) in [4.78, 5) is 24.3. The van der Waals surface area contributed by atoms with Gasteiger partial charge in [-0.3, -0.25) is 4.79 Å². The van der Waals surface area contributed by atoms with Gasteiger partial charge in [0.1, 0.15) is 5.56 Å². The van der Waals surface area contributed by atoms with E-state index in [0.29, 0.717) is 12.1 Å². The first kappa shape index (κ1) is 12.6. The SMILES string of the molecule is Cc1cc(C)n(Cc2cccs2)c(=O)c1C(=O)O. The maximum Gasteiger partial charge on any atom is 0.341 e. The highest BCUT2D eigenvalue weighted by atomic mass is 32.1. The van der Waals surface area contributed by atoms with Crippen LogP contribution in [0.15, 0.2) is 28.4 Å². The number of hydrogen-bond acceptors (Lipinski definition) is 3. The fourth-order valence-corrected chi connectivity index (χ4v) is 2.63. The number of carboxylic acid groups (broad SMARTS) is 1. The Morgan fingerprint density at radius 1 is 1.44 bits per heavy atom. The van der Waals surface area contributed by atoms with E-state index in [9.17, 15) is 9.59 Å². The van der Waals surface area contributed by atoms with Crippen molar-refractivity contribution in [2.45, 2.75) is 20.4 Å². The van der Waals surface area contributed by atoms with Crippen molar-refractivity contribution >= 4 is 17.3 Å². The Kier molecular flexibility index (Phi) is 3.34. The largest absolute Gasteiger partial charge is 0.477 e. The molecule has 5 heteroatoms. The minimum Gasteiger partial charge on any atom is -0.477 e. The molecule has 0 amide bonds. The number of aromatic nitrogens is 1. The van der Waals surface area contributed by atoms with Gasteiger partial charge in [-0.25, -0.2) is 4.79 Å². The van der Waals surface area contributed by atoms with Crippen LogP contribution >= 0.6 is 11.3 Å². The molecule has 0 bridgehead atoms. The molecule has 0 aliphatic rings. The molecule has 18 heavy (non-hydrogen) atoms. The van der Waals surface area contributed by atoms with E-state index < -0.39 is 11.5 Å². The Morgan fingerprint density at radius 2 is 2.17 bits per heavy atom. The molecule has 2 rings (SSSR count). The molecule has 94 valence electrons. The minimum absolute atomic E-state index is 0.142. The zero-order valence-electron chi connectivity index (χ0n) is 10.1. The Labute approximate surface area is 108 Å². The van der Waals surface area contributed by atoms with Gasteiger partial charge in [0.05, 0.1) is 6.54 Å². The maximum absolute atomic E-state index is 12.2. The third-order valence-corrected chi connectivity index (χ3v) is 3.67. The topological polar surface area (TPSA) is 59.3 Å². The lowest BCUT2D eigenvalue weighted by Crippen LogP contribution is -2.29. The molecule has 0 spiro atoms. The molecule has 2 heterocycles. The van der Waals surface area contributed by atoms with Gasteiger partial charge in [0.15, 0.2) is 0 Å². The van der Waals surface area contributed by atoms with Crippen molar-refractivity contribution in [2.75, 3.05) is 0 Å². The predicted molar refractivity (Wildman–Crippen MR) is 70.6 cm³/mol. The van der Waals surface area contributed by atoms with E-state index in [2.05, 4.69) is 0 Å². The molecular weight excluding hydrogens is 250 g/mol. The molecule has 0 atom stereocenters. The number of nitrogens with zero attached hydrogens (tertiary/aromatic N) is 1. The number of carboxylic acids is 1. The van der Waals surface area contributed by atoms with Gasteiger partial charge in [-0.1, -0.05) is 6.07 Å². The van der Waals surface area contributed by atoms with Crippen molar-refractivity contribution < 1.29 is 9.90 Å². The first-order valence-electron chi connectivity index (χ1n) is 5.47. The molecule has 0 aliphatic carbocycles. The molecule has 0 unspecified atom stereocenters. The Morgan fingerprint density at radius 3 is 2.72 bits per heavy atom. The monoisotopic (exact) mass is 263 g/mol. The Bertz CT molecular complexity index is 641. The summed E-state index contributed by atoms with van der Waals surface area (Å²) >= 11 is 1.55. The van der Waals surface area contributed by atoms with Gasteiger partial charge in [-0.05, 0) is 36.9 Å². The lowest BCUT2D eigenvalue weighted by Gasteiger charge is -2.11. The smallest absolute Gasteiger partial charge is 0.341 e. The van der Waals surface area contributed by atoms with Gasteiger partial charge in [0, 0.05) is 10.6 Å². The third kappa shape index (κ3) is 2.22. The predicted octanol–water partition coefficient (Wildman–Crippen LogP) is 2.27. The first-order valence-corrected chi connectivity index (χ1v) is 6.35. The van der Waals surface area contributed by atoms with Crippen LogP contribution in [0, 0.1) is 13.8 Å². The van der Waals surface area contributed by atoms with Crippen LogP contribution in [0.1, 0.15) is 26.5 Å². The van der Waals surface area contributed by atoms with E-state index in [1.165, 1.54) is 4.57 Å². The highest BCUT2D eigenvalue weighted by Gasteiger charge is 2.16. The normalized spacial score (nSPS) is 10.6. The fourth-order valence-electron chi connectivity index (χ4n) is 1.94. The second-order valence-electron chi connectivity index (χ2n) is 4.12. The van der Waals surface area contributed by atoms with Crippen LogP contribution < -0.4 is 5.56 Å². The van der Waals surface area contributed by atoms with E-state index in [1.54, 1.807) is 24.3 Å². The minimum atomic E-state index is -1.17. The standard InChI is InChI=1S/C13H13NO3S/c1-8-6-9(2)14(7-10-4-3-5-18-10)12(15)11(8)13(16)17/h3-6H,7H2,1-2H3,(H,16,17). The summed E-state index contributed by atoms with van der Waals surface area (Å²) in [6, 6.07) is 5.57. The lowest BCUT2D eigenvalue weighted by molar-refractivity contribution is 0.0693. The lowest BCUT2D eigenvalue weighted by atomic mass is 10.1. The van der Waals surface area contributed by atoms with Crippen LogP contribution in [0.25, 0.3) is 0 Å². The molecular formula is C13H13NO3S. The van der Waals surface area contributed by atoms with Crippen molar-refractivity contribution in [1.82, 2.24) is 4.57 Å². The van der Waals surface area contributed by atoms with E-state index >= 15 is 0 Å². The van der Waals surface area contributed by atoms with Crippen LogP contribution in [0.3, 0.4) is 0 Å². The van der Waals surface area contributed by atoms with Crippen molar-refractivity contribution in [1.29, 1.82) is 0 Å². The van der Waals surface area contributed by atoms with Gasteiger partial charge >= 0.3 is 5.97 Å². The average Bonchev–Trinajstić information content (AvgIpc) is 2.75. The number of carbonyl (C=O) groups is 1. The van der Waals surface area contributed by atoms with Crippen LogP contribution in [-0.2, 0) is 6.54 Å². The van der Waals surface area contributed by atoms with Crippen LogP contribution in [0.4, 0.5) is 0 Å². The van der Waals surface area contributed by atoms with Crippen LogP contribution in [0.5, 0.6) is 0 Å². The van der Waals surface area contributed by atoms with Crippen molar-refractivity contribution in [3.8, 4) is 0 Å². The average molecular weight is 263 g/mol. The summed E-state index contributed by atoms with van der Waals surface area (Å²) in [6.07, 6.45) is 0. The highest BCUT2D eigenvalue weighted by molar-refractivity contribution is 7.09. The number of pyridine rings is 1. The molecule has 0 aliphatic heterocycles. The van der Waals surface area contributed by atoms with Crippen molar-refractivity contribution in [3.63, 3.8) is 0 Å². The molecule has 0 saturated carbocycles. The highest BCUT2D eigenvalue weighted by Crippen LogP contribution is 2.12. The van der Waals surface area contributed by atoms with Crippen LogP contribution in [0.2, 0.25) is 0 Å². The summed E-state index contributed by atoms with van der Waals surface area (Å²) in [5, 5.41) is 11.0. The zero-order valence-corrected chi connectivity index (χ0v) is 11.0. The van der Waals surface area contributed by atoms with Gasteiger partial charge in [-0.2, -0.15) is 0 Å². The van der Waals surface area contributed by atoms with Crippen molar-refractivity contribution in [3.05, 3.63) is 55.6 Å². The molecule has 4 nitrogen and oxygen atoms in total. The summed E-state index contributed by atoms with van der Waals surface area (Å²) in [7, 11) is 0. The molecule has 2 aromatic heterocycles. The molecule has 1 N–H and O–H groups in total. The number of rotatable bonds is 3. The fraction of sp³-hybridized carbons (Fsp3) is 0.231. The molecule has 0 aromatic carbocycles. The van der Waals surface area contributed by atoms with E-state index in [-0.39, 0.29) is 5.56 Å². The van der Waals surface area contributed by atoms with Crippen molar-refractivity contribution in [2.24, 2.45) is 0 Å². The molecule has 0 saturated heterocycles. The third-order valence-electron chi connectivity index (χ3n) is 2.81. The maximum atomic E-state index is 12.2. The number of aryl methyl sites for hydroxylation is 2. The van der Waals surface area contributed by atoms with E-state index in [4.69, 9.17) is 5.11 Å². The summed E-state index contributed by atoms with van der Waals surface area (Å²) in [5.74, 6) is -1.17. The summed E-state index contributed by atoms with van der Waals surface area (Å²) < 4.78 is 1.50. The Balaban J connectivity index is 2.57. The zero-order chi connectivity index (χ0) is 13.3. The van der Waals surface area contributed by atoms with Gasteiger partial charge in [0.25, 0.3) is 5.56 Å².